The average molecular weight is 804 g/mol. The summed E-state index contributed by atoms with van der Waals surface area (Å²) in [5.41, 5.74) is 3.76. The van der Waals surface area contributed by atoms with Gasteiger partial charge in [-0.05, 0) is 117 Å². The van der Waals surface area contributed by atoms with Gasteiger partial charge >= 0.3 is 6.61 Å². The van der Waals surface area contributed by atoms with E-state index in [2.05, 4.69) is 80.1 Å². The molecule has 292 valence electrons. The molecule has 2 fully saturated rings. The number of Topliss-reactive ketones (excluding diaryl/α,β-unsaturated/α-hetero) is 1. The normalized spacial score (nSPS) is 17.0. The van der Waals surface area contributed by atoms with Crippen molar-refractivity contribution in [3.05, 3.63) is 93.5 Å². The minimum Gasteiger partial charge on any atom is -0.498 e. The Kier molecular flexibility index (Phi) is 17.4. The molecule has 0 bridgehead atoms. The van der Waals surface area contributed by atoms with Gasteiger partial charge in [-0.2, -0.15) is 8.78 Å². The highest BCUT2D eigenvalue weighted by atomic mass is 79.9. The Morgan fingerprint density at radius 2 is 1.72 bits per heavy atom. The number of ketones is 1. The van der Waals surface area contributed by atoms with Crippen molar-refractivity contribution in [2.24, 2.45) is 22.7 Å². The summed E-state index contributed by atoms with van der Waals surface area (Å²) in [5, 5.41) is 0. The Morgan fingerprint density at radius 1 is 1.08 bits per heavy atom. The van der Waals surface area contributed by atoms with Crippen LogP contribution in [0, 0.1) is 23.6 Å². The molecule has 0 spiro atoms. The molecule has 1 aliphatic heterocycles. The first-order chi connectivity index (χ1) is 25.2. The zero-order valence-corrected chi connectivity index (χ0v) is 34.3. The van der Waals surface area contributed by atoms with E-state index in [1.807, 2.05) is 30.0 Å². The second kappa shape index (κ2) is 20.9. The molecular formula is C43H58BrF3N2O4. The van der Waals surface area contributed by atoms with Crippen molar-refractivity contribution in [3.8, 4) is 5.75 Å². The zero-order chi connectivity index (χ0) is 39.3. The van der Waals surface area contributed by atoms with Gasteiger partial charge in [0.05, 0.1) is 26.1 Å². The lowest BCUT2D eigenvalue weighted by Crippen LogP contribution is -2.48. The average Bonchev–Trinajstić information content (AvgIpc) is 3.99. The number of carbonyl (C=O) groups is 1. The number of anilines is 1. The van der Waals surface area contributed by atoms with Gasteiger partial charge in [-0.1, -0.05) is 69.3 Å². The summed E-state index contributed by atoms with van der Waals surface area (Å²) in [6, 6.07) is 11.1. The molecule has 1 saturated heterocycles. The number of aliphatic imine (C=N–C) groups is 1. The highest BCUT2D eigenvalue weighted by Crippen LogP contribution is 2.42. The van der Waals surface area contributed by atoms with E-state index in [9.17, 15) is 18.0 Å². The molecular weight excluding hydrogens is 745 g/mol. The molecule has 0 amide bonds. The van der Waals surface area contributed by atoms with E-state index in [0.717, 1.165) is 54.0 Å². The smallest absolute Gasteiger partial charge is 0.345 e. The van der Waals surface area contributed by atoms with Crippen LogP contribution >= 0.6 is 15.9 Å². The van der Waals surface area contributed by atoms with Crippen LogP contribution in [-0.2, 0) is 27.3 Å². The molecule has 1 saturated carbocycles. The van der Waals surface area contributed by atoms with E-state index >= 15 is 0 Å². The summed E-state index contributed by atoms with van der Waals surface area (Å²) >= 11 is 3.32. The molecule has 0 N–H and O–H groups in total. The molecule has 1 unspecified atom stereocenters. The van der Waals surface area contributed by atoms with Crippen LogP contribution in [0.15, 0.2) is 81.5 Å². The number of allylic oxidation sites excluding steroid dienone is 5. The Bertz CT molecular complexity index is 1580. The maximum atomic E-state index is 14.9. The van der Waals surface area contributed by atoms with E-state index in [1.54, 1.807) is 20.1 Å². The number of aryl methyl sites for hydroxylation is 1. The van der Waals surface area contributed by atoms with Crippen molar-refractivity contribution in [1.82, 2.24) is 0 Å². The number of carbonyl (C=O) groups excluding carboxylic acids is 1. The van der Waals surface area contributed by atoms with E-state index in [-0.39, 0.29) is 23.2 Å². The number of benzene rings is 2. The van der Waals surface area contributed by atoms with Gasteiger partial charge in [0, 0.05) is 40.4 Å². The van der Waals surface area contributed by atoms with Crippen molar-refractivity contribution in [1.29, 1.82) is 0 Å². The zero-order valence-electron chi connectivity index (χ0n) is 32.7. The number of ether oxygens (including phenoxy) is 3. The van der Waals surface area contributed by atoms with Crippen LogP contribution in [0.1, 0.15) is 91.7 Å². The fourth-order valence-electron chi connectivity index (χ4n) is 6.31. The van der Waals surface area contributed by atoms with Crippen LogP contribution in [-0.4, -0.2) is 50.5 Å². The molecule has 4 rings (SSSR count). The lowest BCUT2D eigenvalue weighted by atomic mass is 9.82. The maximum Gasteiger partial charge on any atom is 0.345 e. The van der Waals surface area contributed by atoms with Crippen LogP contribution in [0.3, 0.4) is 0 Å². The van der Waals surface area contributed by atoms with E-state index < -0.39 is 24.6 Å². The minimum atomic E-state index is -3.01. The largest absolute Gasteiger partial charge is 0.498 e. The first kappa shape index (κ1) is 44.0. The molecule has 2 aromatic rings. The summed E-state index contributed by atoms with van der Waals surface area (Å²) < 4.78 is 56.4. The van der Waals surface area contributed by atoms with Crippen molar-refractivity contribution in [3.63, 3.8) is 0 Å². The first-order valence-corrected chi connectivity index (χ1v) is 19.6. The summed E-state index contributed by atoms with van der Waals surface area (Å²) in [5.74, 6) is 1.87. The molecule has 0 radical (unpaired) electrons. The molecule has 6 nitrogen and oxygen atoms in total. The van der Waals surface area contributed by atoms with E-state index in [4.69, 9.17) is 14.5 Å². The molecule has 1 aliphatic carbocycles. The molecule has 1 atom stereocenters. The van der Waals surface area contributed by atoms with Crippen LogP contribution in [0.25, 0.3) is 0 Å². The second-order valence-electron chi connectivity index (χ2n) is 14.1. The lowest BCUT2D eigenvalue weighted by molar-refractivity contribution is -0.137. The van der Waals surface area contributed by atoms with Crippen molar-refractivity contribution in [2.75, 3.05) is 31.7 Å². The molecule has 2 aromatic carbocycles. The van der Waals surface area contributed by atoms with Gasteiger partial charge in [0.25, 0.3) is 0 Å². The van der Waals surface area contributed by atoms with Crippen molar-refractivity contribution in [2.45, 2.75) is 106 Å². The summed E-state index contributed by atoms with van der Waals surface area (Å²) in [7, 11) is 1.68. The van der Waals surface area contributed by atoms with Gasteiger partial charge < -0.3 is 19.1 Å². The molecule has 2 aliphatic rings. The number of halogens is 4. The third kappa shape index (κ3) is 12.6. The van der Waals surface area contributed by atoms with Gasteiger partial charge in [0.15, 0.2) is 5.78 Å². The number of hydrogen-bond donors (Lipinski definition) is 0. The highest BCUT2D eigenvalue weighted by Gasteiger charge is 2.41. The van der Waals surface area contributed by atoms with Crippen LogP contribution in [0.5, 0.6) is 5.75 Å². The van der Waals surface area contributed by atoms with Crippen molar-refractivity contribution < 1.29 is 32.2 Å². The number of piperidine rings is 1. The third-order valence-electron chi connectivity index (χ3n) is 10.0. The van der Waals surface area contributed by atoms with Gasteiger partial charge in [-0.25, -0.2) is 4.39 Å². The number of methoxy groups -OCH3 is 1. The van der Waals surface area contributed by atoms with Gasteiger partial charge in [-0.15, -0.1) is 0 Å². The monoisotopic (exact) mass is 802 g/mol. The maximum absolute atomic E-state index is 14.9. The highest BCUT2D eigenvalue weighted by molar-refractivity contribution is 9.10. The van der Waals surface area contributed by atoms with Crippen LogP contribution in [0.2, 0.25) is 0 Å². The van der Waals surface area contributed by atoms with Gasteiger partial charge in [0.1, 0.15) is 17.1 Å². The molecule has 1 heterocycles. The van der Waals surface area contributed by atoms with E-state index in [0.29, 0.717) is 48.6 Å². The predicted octanol–water partition coefficient (Wildman–Crippen LogP) is 11.5. The third-order valence-corrected chi connectivity index (χ3v) is 10.5. The number of nitrogens with zero attached hydrogens (tertiary/aromatic N) is 2. The second-order valence-corrected chi connectivity index (χ2v) is 15.0. The molecule has 0 aromatic heterocycles. The Morgan fingerprint density at radius 3 is 2.21 bits per heavy atom. The van der Waals surface area contributed by atoms with Crippen LogP contribution in [0.4, 0.5) is 18.9 Å². The SMILES string of the molecule is C=C(/C(=C\C=C(\OCC)C(C)CC)C(=NC1(C(C)=O)CCN(c2cc(Br)cc(F)c2COC(F)F)CC1)C(C)C)C1CC1.CCc1ccc(OC)cc1. The predicted molar refractivity (Wildman–Crippen MR) is 214 cm³/mol. The fourth-order valence-corrected chi connectivity index (χ4v) is 6.73. The van der Waals surface area contributed by atoms with Crippen LogP contribution < -0.4 is 9.64 Å². The Hall–Kier alpha value is -3.37. The van der Waals surface area contributed by atoms with Gasteiger partial charge in [0.2, 0.25) is 0 Å². The standard InChI is InChI=1S/C34H46BrF3N2O3.C9H12O/c1-8-22(5)31(42-9-2)13-12-27(23(6)25-10-11-25)32(21(3)4)39-34(24(7)41)14-16-40(17-15-34)30-19-26(35)18-29(36)28(30)20-43-33(37)38;1-3-8-4-6-9(10-2)7-5-8/h12-13,18-19,21-22,25,33H,6,8-11,14-17,20H2,1-5,7H3;4-7H,3H2,1-2H3/b27-12+,31-13+,39-32?;. The summed E-state index contributed by atoms with van der Waals surface area (Å²) in [4.78, 5) is 20.5. The van der Waals surface area contributed by atoms with E-state index in [1.165, 1.54) is 11.6 Å². The lowest BCUT2D eigenvalue weighted by Gasteiger charge is -2.40. The Balaban J connectivity index is 0.000000651. The molecule has 10 heteroatoms. The minimum absolute atomic E-state index is 0.0285. The molecule has 53 heavy (non-hydrogen) atoms. The fraction of sp³-hybridized carbons (Fsp3) is 0.535. The van der Waals surface area contributed by atoms with Crippen molar-refractivity contribution >= 4 is 33.1 Å². The first-order valence-electron chi connectivity index (χ1n) is 18.8. The number of alkyl halides is 2. The number of hydrogen-bond acceptors (Lipinski definition) is 6. The Labute approximate surface area is 323 Å². The van der Waals surface area contributed by atoms with Gasteiger partial charge in [-0.3, -0.25) is 9.79 Å². The summed E-state index contributed by atoms with van der Waals surface area (Å²) in [6.45, 7) is 16.4. The topological polar surface area (TPSA) is 60.4 Å². The number of rotatable bonds is 17. The summed E-state index contributed by atoms with van der Waals surface area (Å²) in [6.07, 6.45) is 9.11. The quantitative estimate of drug-likeness (QED) is 0.0906.